The van der Waals surface area contributed by atoms with Gasteiger partial charge in [-0.15, -0.1) is 0 Å². The summed E-state index contributed by atoms with van der Waals surface area (Å²) < 4.78 is 0. The van der Waals surface area contributed by atoms with Crippen LogP contribution in [0.25, 0.3) is 0 Å². The van der Waals surface area contributed by atoms with Crippen molar-refractivity contribution in [2.45, 2.75) is 20.8 Å². The molecule has 3 N–H and O–H groups in total. The first-order valence-electron chi connectivity index (χ1n) is 6.09. The smallest absolute Gasteiger partial charge is 0.227 e. The minimum Gasteiger partial charge on any atom is -0.359 e. The lowest BCUT2D eigenvalue weighted by molar-refractivity contribution is -0.130. The molecule has 1 fully saturated rings. The Morgan fingerprint density at radius 1 is 1.35 bits per heavy atom. The lowest BCUT2D eigenvalue weighted by Crippen LogP contribution is -2.46. The van der Waals surface area contributed by atoms with E-state index in [-0.39, 0.29) is 17.7 Å². The van der Waals surface area contributed by atoms with E-state index in [2.05, 4.69) is 22.9 Å². The van der Waals surface area contributed by atoms with Crippen LogP contribution in [0.1, 0.15) is 20.8 Å². The number of carbonyl (C=O) groups excluding carboxylic acids is 2. The van der Waals surface area contributed by atoms with Gasteiger partial charge in [0.1, 0.15) is 0 Å². The van der Waals surface area contributed by atoms with Gasteiger partial charge in [-0.1, -0.05) is 6.92 Å². The van der Waals surface area contributed by atoms with E-state index in [0.717, 1.165) is 13.1 Å². The number of rotatable bonds is 4. The Hall–Kier alpha value is -1.10. The molecule has 1 aliphatic heterocycles. The summed E-state index contributed by atoms with van der Waals surface area (Å²) in [4.78, 5) is 23.5. The van der Waals surface area contributed by atoms with Gasteiger partial charge in [0.25, 0.3) is 0 Å². The second kappa shape index (κ2) is 5.49. The predicted octanol–water partition coefficient (Wildman–Crippen LogP) is -0.270. The fraction of sp³-hybridized carbons (Fsp3) is 0.833. The van der Waals surface area contributed by atoms with Gasteiger partial charge in [0.05, 0.1) is 11.3 Å². The molecule has 0 aliphatic carbocycles. The predicted molar refractivity (Wildman–Crippen MR) is 66.4 cm³/mol. The maximum atomic E-state index is 11.9. The Labute approximate surface area is 103 Å². The van der Waals surface area contributed by atoms with Crippen molar-refractivity contribution >= 4 is 11.8 Å². The number of carbonyl (C=O) groups is 2. The van der Waals surface area contributed by atoms with Crippen LogP contribution in [-0.2, 0) is 9.59 Å². The molecule has 5 heteroatoms. The van der Waals surface area contributed by atoms with Gasteiger partial charge in [-0.05, 0) is 26.3 Å². The fourth-order valence-electron chi connectivity index (χ4n) is 2.02. The summed E-state index contributed by atoms with van der Waals surface area (Å²) in [5.41, 5.74) is -0.570. The van der Waals surface area contributed by atoms with Crippen molar-refractivity contribution in [1.29, 1.82) is 0 Å². The van der Waals surface area contributed by atoms with Crippen LogP contribution in [0.15, 0.2) is 0 Å². The molecular formula is C12H23N3O2. The molecule has 0 aromatic carbocycles. The molecule has 0 unspecified atom stereocenters. The summed E-state index contributed by atoms with van der Waals surface area (Å²) in [5, 5.41) is 8.67. The zero-order chi connectivity index (χ0) is 13.1. The molecular weight excluding hydrogens is 218 g/mol. The SMILES string of the molecule is CNC(=O)C(C)(C)CNC(=O)[C@@H]1CNC[C@H]1C. The molecule has 1 rings (SSSR count). The molecule has 2 amide bonds. The van der Waals surface area contributed by atoms with E-state index >= 15 is 0 Å². The Morgan fingerprint density at radius 3 is 2.47 bits per heavy atom. The average molecular weight is 241 g/mol. The van der Waals surface area contributed by atoms with E-state index in [1.165, 1.54) is 0 Å². The standard InChI is InChI=1S/C12H23N3O2/c1-8-5-14-6-9(8)10(16)15-7-12(2,3)11(17)13-4/h8-9,14H,5-7H2,1-4H3,(H,13,17)(H,15,16)/t8-,9-/m1/s1. The monoisotopic (exact) mass is 241 g/mol. The van der Waals surface area contributed by atoms with Gasteiger partial charge in [0, 0.05) is 20.1 Å². The van der Waals surface area contributed by atoms with Gasteiger partial charge in [0.2, 0.25) is 11.8 Å². The quantitative estimate of drug-likeness (QED) is 0.634. The van der Waals surface area contributed by atoms with Crippen molar-refractivity contribution in [3.63, 3.8) is 0 Å². The Bertz CT molecular complexity index is 302. The van der Waals surface area contributed by atoms with Crippen LogP contribution in [0.3, 0.4) is 0 Å². The Kier molecular flexibility index (Phi) is 4.51. The molecule has 98 valence electrons. The van der Waals surface area contributed by atoms with Gasteiger partial charge in [0.15, 0.2) is 0 Å². The van der Waals surface area contributed by atoms with E-state index in [9.17, 15) is 9.59 Å². The minimum absolute atomic E-state index is 0.0236. The molecule has 1 heterocycles. The maximum Gasteiger partial charge on any atom is 0.227 e. The van der Waals surface area contributed by atoms with Gasteiger partial charge >= 0.3 is 0 Å². The fourth-order valence-corrected chi connectivity index (χ4v) is 2.02. The molecule has 17 heavy (non-hydrogen) atoms. The maximum absolute atomic E-state index is 11.9. The molecule has 0 radical (unpaired) electrons. The molecule has 1 saturated heterocycles. The number of hydrogen-bond acceptors (Lipinski definition) is 3. The van der Waals surface area contributed by atoms with Crippen LogP contribution < -0.4 is 16.0 Å². The zero-order valence-corrected chi connectivity index (χ0v) is 11.1. The first-order valence-corrected chi connectivity index (χ1v) is 6.09. The first-order chi connectivity index (χ1) is 7.88. The van der Waals surface area contributed by atoms with Crippen molar-refractivity contribution < 1.29 is 9.59 Å². The highest BCUT2D eigenvalue weighted by Gasteiger charge is 2.32. The van der Waals surface area contributed by atoms with Crippen LogP contribution in [0.2, 0.25) is 0 Å². The molecule has 1 aliphatic rings. The third kappa shape index (κ3) is 3.43. The minimum atomic E-state index is -0.570. The lowest BCUT2D eigenvalue weighted by Gasteiger charge is -2.24. The second-order valence-electron chi connectivity index (χ2n) is 5.42. The lowest BCUT2D eigenvalue weighted by atomic mass is 9.91. The summed E-state index contributed by atoms with van der Waals surface area (Å²) in [6.07, 6.45) is 0. The first kappa shape index (κ1) is 14.0. The number of amides is 2. The van der Waals surface area contributed by atoms with E-state index in [1.54, 1.807) is 7.05 Å². The van der Waals surface area contributed by atoms with Crippen LogP contribution in [-0.4, -0.2) is 38.5 Å². The molecule has 0 saturated carbocycles. The van der Waals surface area contributed by atoms with Crippen LogP contribution >= 0.6 is 0 Å². The molecule has 0 aromatic heterocycles. The van der Waals surface area contributed by atoms with E-state index < -0.39 is 5.41 Å². The van der Waals surface area contributed by atoms with Crippen molar-refractivity contribution in [3.8, 4) is 0 Å². The van der Waals surface area contributed by atoms with Crippen molar-refractivity contribution in [2.75, 3.05) is 26.7 Å². The summed E-state index contributed by atoms with van der Waals surface area (Å²) in [5.74, 6) is 0.364. The largest absolute Gasteiger partial charge is 0.359 e. The average Bonchev–Trinajstić information content (AvgIpc) is 2.71. The van der Waals surface area contributed by atoms with Gasteiger partial charge in [-0.3, -0.25) is 9.59 Å². The number of nitrogens with one attached hydrogen (secondary N) is 3. The molecule has 0 bridgehead atoms. The topological polar surface area (TPSA) is 70.2 Å². The van der Waals surface area contributed by atoms with Crippen molar-refractivity contribution in [1.82, 2.24) is 16.0 Å². The molecule has 0 spiro atoms. The van der Waals surface area contributed by atoms with Crippen molar-refractivity contribution in [3.05, 3.63) is 0 Å². The highest BCUT2D eigenvalue weighted by Crippen LogP contribution is 2.17. The van der Waals surface area contributed by atoms with Gasteiger partial charge in [-0.2, -0.15) is 0 Å². The van der Waals surface area contributed by atoms with Gasteiger partial charge < -0.3 is 16.0 Å². The second-order valence-corrected chi connectivity index (χ2v) is 5.42. The van der Waals surface area contributed by atoms with Crippen LogP contribution in [0.4, 0.5) is 0 Å². The van der Waals surface area contributed by atoms with E-state index in [4.69, 9.17) is 0 Å². The Balaban J connectivity index is 2.45. The van der Waals surface area contributed by atoms with Gasteiger partial charge in [-0.25, -0.2) is 0 Å². The Morgan fingerprint density at radius 2 is 2.00 bits per heavy atom. The van der Waals surface area contributed by atoms with Crippen LogP contribution in [0, 0.1) is 17.3 Å². The summed E-state index contributed by atoms with van der Waals surface area (Å²) in [6, 6.07) is 0. The summed E-state index contributed by atoms with van der Waals surface area (Å²) in [6.45, 7) is 7.69. The van der Waals surface area contributed by atoms with E-state index in [0.29, 0.717) is 12.5 Å². The normalized spacial score (nSPS) is 24.5. The summed E-state index contributed by atoms with van der Waals surface area (Å²) in [7, 11) is 1.61. The highest BCUT2D eigenvalue weighted by atomic mass is 16.2. The van der Waals surface area contributed by atoms with Crippen molar-refractivity contribution in [2.24, 2.45) is 17.3 Å². The third-order valence-corrected chi connectivity index (χ3v) is 3.40. The number of hydrogen-bond donors (Lipinski definition) is 3. The zero-order valence-electron chi connectivity index (χ0n) is 11.1. The third-order valence-electron chi connectivity index (χ3n) is 3.40. The molecule has 5 nitrogen and oxygen atoms in total. The van der Waals surface area contributed by atoms with E-state index in [1.807, 2.05) is 13.8 Å². The highest BCUT2D eigenvalue weighted by molar-refractivity contribution is 5.84. The summed E-state index contributed by atoms with van der Waals surface area (Å²) >= 11 is 0. The molecule has 0 aromatic rings. The van der Waals surface area contributed by atoms with Crippen LogP contribution in [0.5, 0.6) is 0 Å². The molecule has 2 atom stereocenters.